The molecule has 0 bridgehead atoms. The highest BCUT2D eigenvalue weighted by Crippen LogP contribution is 2.41. The van der Waals surface area contributed by atoms with E-state index in [-0.39, 0.29) is 23.2 Å². The van der Waals surface area contributed by atoms with Crippen molar-refractivity contribution in [2.24, 2.45) is 0 Å². The van der Waals surface area contributed by atoms with E-state index in [1.165, 1.54) is 19.3 Å². The van der Waals surface area contributed by atoms with Gasteiger partial charge in [-0.3, -0.25) is 9.80 Å². The van der Waals surface area contributed by atoms with Crippen LogP contribution in [-0.2, 0) is 11.0 Å². The largest absolute Gasteiger partial charge is 0.497 e. The standard InChI is InChI=1S/C31H41N5O3Si.C5H12/c1-31(2,3)40(5,6)39-27-18-14-25(15-19-27)36-28-22(20-32-29(34-28)33-23-10-8-7-9-11-23)21-35(30(36)37)24-12-16-26(38-4)17-13-24;1-3-5-4-2/h7-13,16-17,20,25,27H,14-15,18-19,21H2,1-6H3,(H,32,33,34);3-5H2,1-2H3/t25-,27-;. The van der Waals surface area contributed by atoms with Gasteiger partial charge in [0.25, 0.3) is 0 Å². The molecule has 0 saturated heterocycles. The monoisotopic (exact) mass is 631 g/mol. The quantitative estimate of drug-likeness (QED) is 0.237. The van der Waals surface area contributed by atoms with Crippen LogP contribution in [0.3, 0.4) is 0 Å². The zero-order chi connectivity index (χ0) is 32.6. The number of rotatable bonds is 9. The molecule has 1 fully saturated rings. The number of methoxy groups -OCH3 is 1. The molecule has 9 heteroatoms. The molecule has 8 nitrogen and oxygen atoms in total. The summed E-state index contributed by atoms with van der Waals surface area (Å²) in [6.45, 7) is 16.3. The third-order valence-corrected chi connectivity index (χ3v) is 13.8. The van der Waals surface area contributed by atoms with Crippen LogP contribution in [0.1, 0.15) is 85.1 Å². The van der Waals surface area contributed by atoms with Crippen molar-refractivity contribution in [3.63, 3.8) is 0 Å². The minimum absolute atomic E-state index is 0.0334. The number of aromatic nitrogens is 2. The fourth-order valence-corrected chi connectivity index (χ4v) is 6.97. The van der Waals surface area contributed by atoms with Gasteiger partial charge in [-0.2, -0.15) is 4.98 Å². The van der Waals surface area contributed by atoms with Crippen LogP contribution in [0.15, 0.2) is 60.8 Å². The average molecular weight is 632 g/mol. The zero-order valence-electron chi connectivity index (χ0n) is 28.6. The maximum atomic E-state index is 14.2. The highest BCUT2D eigenvalue weighted by atomic mass is 28.4. The van der Waals surface area contributed by atoms with Crippen molar-refractivity contribution < 1.29 is 14.0 Å². The SMILES string of the molecule is CCCCC.COc1ccc(N2Cc3cnc(Nc4ccccc4)nc3N([C@H]3CC[C@H](O[Si](C)(C)C(C)(C)C)CC3)C2=O)cc1. The van der Waals surface area contributed by atoms with Crippen molar-refractivity contribution in [1.29, 1.82) is 0 Å². The van der Waals surface area contributed by atoms with Crippen LogP contribution in [0.25, 0.3) is 0 Å². The molecule has 1 saturated carbocycles. The summed E-state index contributed by atoms with van der Waals surface area (Å²) in [5.74, 6) is 1.93. The van der Waals surface area contributed by atoms with Gasteiger partial charge in [-0.25, -0.2) is 9.78 Å². The topological polar surface area (TPSA) is 79.8 Å². The van der Waals surface area contributed by atoms with E-state index in [4.69, 9.17) is 14.1 Å². The smallest absolute Gasteiger partial charge is 0.330 e. The lowest BCUT2D eigenvalue weighted by Crippen LogP contribution is -2.54. The first-order valence-corrected chi connectivity index (χ1v) is 19.5. The molecule has 2 aromatic carbocycles. The van der Waals surface area contributed by atoms with E-state index in [1.807, 2.05) is 70.6 Å². The van der Waals surface area contributed by atoms with E-state index in [1.54, 1.807) is 7.11 Å². The van der Waals surface area contributed by atoms with Gasteiger partial charge in [0.05, 0.1) is 13.7 Å². The summed E-state index contributed by atoms with van der Waals surface area (Å²) >= 11 is 0. The lowest BCUT2D eigenvalue weighted by atomic mass is 9.91. The first kappa shape index (κ1) is 34.4. The minimum atomic E-state index is -1.86. The summed E-state index contributed by atoms with van der Waals surface area (Å²) < 4.78 is 12.1. The highest BCUT2D eigenvalue weighted by Gasteiger charge is 2.42. The van der Waals surface area contributed by atoms with Crippen LogP contribution in [0.2, 0.25) is 18.1 Å². The van der Waals surface area contributed by atoms with Crippen LogP contribution in [0.4, 0.5) is 27.9 Å². The molecule has 1 aliphatic carbocycles. The summed E-state index contributed by atoms with van der Waals surface area (Å²) in [5, 5.41) is 3.46. The van der Waals surface area contributed by atoms with Gasteiger partial charge in [0.1, 0.15) is 11.6 Å². The summed E-state index contributed by atoms with van der Waals surface area (Å²) in [6.07, 6.45) is 9.74. The van der Waals surface area contributed by atoms with Gasteiger partial charge in [-0.15, -0.1) is 0 Å². The molecular weight excluding hydrogens is 579 g/mol. The number of carbonyl (C=O) groups excluding carboxylic acids is 1. The van der Waals surface area contributed by atoms with Crippen LogP contribution >= 0.6 is 0 Å². The lowest BCUT2D eigenvalue weighted by molar-refractivity contribution is 0.129. The molecule has 5 rings (SSSR count). The van der Waals surface area contributed by atoms with Crippen LogP contribution < -0.4 is 19.9 Å². The van der Waals surface area contributed by atoms with Crippen LogP contribution in [-0.4, -0.2) is 43.6 Å². The van der Waals surface area contributed by atoms with Gasteiger partial charge in [-0.1, -0.05) is 72.1 Å². The lowest BCUT2D eigenvalue weighted by Gasteiger charge is -2.44. The van der Waals surface area contributed by atoms with E-state index in [0.717, 1.165) is 48.4 Å². The maximum Gasteiger partial charge on any atom is 0.330 e. The van der Waals surface area contributed by atoms with E-state index < -0.39 is 8.32 Å². The Balaban J connectivity index is 0.000000854. The Morgan fingerprint density at radius 1 is 0.956 bits per heavy atom. The molecule has 1 aromatic heterocycles. The number of nitrogens with zero attached hydrogens (tertiary/aromatic N) is 4. The van der Waals surface area contributed by atoms with Gasteiger partial charge >= 0.3 is 6.03 Å². The summed E-state index contributed by atoms with van der Waals surface area (Å²) in [4.78, 5) is 27.4. The molecule has 0 atom stereocenters. The number of fused-ring (bicyclic) bond motifs is 1. The third-order valence-electron chi connectivity index (χ3n) is 9.23. The Labute approximate surface area is 271 Å². The first-order chi connectivity index (χ1) is 21.5. The van der Waals surface area contributed by atoms with Gasteiger partial charge < -0.3 is 14.5 Å². The minimum Gasteiger partial charge on any atom is -0.497 e. The van der Waals surface area contributed by atoms with Gasteiger partial charge in [-0.05, 0) is 80.2 Å². The average Bonchev–Trinajstić information content (AvgIpc) is 3.02. The number of urea groups is 1. The predicted molar refractivity (Wildman–Crippen MR) is 188 cm³/mol. The van der Waals surface area contributed by atoms with E-state index >= 15 is 0 Å². The first-order valence-electron chi connectivity index (χ1n) is 16.6. The molecule has 2 amide bonds. The molecule has 2 aliphatic rings. The Kier molecular flexibility index (Phi) is 11.7. The Morgan fingerprint density at radius 3 is 2.16 bits per heavy atom. The molecular formula is C36H53N5O3Si. The summed E-state index contributed by atoms with van der Waals surface area (Å²) in [7, 11) is -0.219. The van der Waals surface area contributed by atoms with Crippen molar-refractivity contribution in [3.05, 3.63) is 66.4 Å². The molecule has 244 valence electrons. The second-order valence-electron chi connectivity index (χ2n) is 13.6. The number of carbonyl (C=O) groups is 1. The summed E-state index contributed by atoms with van der Waals surface area (Å²) in [5.41, 5.74) is 2.65. The van der Waals surface area contributed by atoms with Gasteiger partial charge in [0, 0.05) is 35.3 Å². The maximum absolute atomic E-state index is 14.2. The predicted octanol–water partition coefficient (Wildman–Crippen LogP) is 9.70. The molecule has 0 spiro atoms. The molecule has 45 heavy (non-hydrogen) atoms. The summed E-state index contributed by atoms with van der Waals surface area (Å²) in [6, 6.07) is 17.4. The fourth-order valence-electron chi connectivity index (χ4n) is 5.55. The number of hydrogen-bond donors (Lipinski definition) is 1. The van der Waals surface area contributed by atoms with Crippen molar-refractivity contribution in [2.75, 3.05) is 22.2 Å². The van der Waals surface area contributed by atoms with Crippen molar-refractivity contribution in [2.45, 2.75) is 116 Å². The molecule has 3 aromatic rings. The third kappa shape index (κ3) is 8.64. The molecule has 1 aliphatic heterocycles. The van der Waals surface area contributed by atoms with Crippen molar-refractivity contribution >= 4 is 37.5 Å². The number of benzene rings is 2. The molecule has 1 N–H and O–H groups in total. The van der Waals surface area contributed by atoms with Crippen LogP contribution in [0, 0.1) is 0 Å². The van der Waals surface area contributed by atoms with Gasteiger partial charge in [0.15, 0.2) is 8.32 Å². The normalized spacial score (nSPS) is 18.5. The van der Waals surface area contributed by atoms with Crippen molar-refractivity contribution in [1.82, 2.24) is 9.97 Å². The highest BCUT2D eigenvalue weighted by molar-refractivity contribution is 6.74. The number of amides is 2. The second kappa shape index (κ2) is 15.2. The number of nitrogens with one attached hydrogen (secondary N) is 1. The Hall–Kier alpha value is -3.43. The van der Waals surface area contributed by atoms with Gasteiger partial charge in [0.2, 0.25) is 5.95 Å². The van der Waals surface area contributed by atoms with E-state index in [0.29, 0.717) is 18.3 Å². The number of unbranched alkanes of at least 4 members (excludes halogenated alkanes) is 2. The number of anilines is 4. The number of ether oxygens (including phenoxy) is 1. The Bertz CT molecular complexity index is 1370. The second-order valence-corrected chi connectivity index (χ2v) is 18.4. The Morgan fingerprint density at radius 2 is 1.60 bits per heavy atom. The molecule has 0 radical (unpaired) electrons. The van der Waals surface area contributed by atoms with E-state index in [2.05, 4.69) is 58.0 Å². The number of hydrogen-bond acceptors (Lipinski definition) is 6. The molecule has 0 unspecified atom stereocenters. The van der Waals surface area contributed by atoms with Crippen molar-refractivity contribution in [3.8, 4) is 5.75 Å². The van der Waals surface area contributed by atoms with Crippen LogP contribution in [0.5, 0.6) is 5.75 Å². The van der Waals surface area contributed by atoms with E-state index in [9.17, 15) is 4.79 Å². The zero-order valence-corrected chi connectivity index (χ0v) is 29.6. The fraction of sp³-hybridized carbons (Fsp3) is 0.528. The number of para-hydroxylation sites is 1. The molecule has 2 heterocycles.